The number of aromatic amines is 1. The SMILES string of the molecule is CN1C(=O)[C@H](CCCCN)NC(=O)[C@H](CCCN)NCc2cccnc2Sc2ccc(Cl)cc2CNC(=O)[C@@H]1Cc1c[nH]c2ccccc12. The van der Waals surface area contributed by atoms with Crippen molar-refractivity contribution in [2.24, 2.45) is 11.5 Å². The van der Waals surface area contributed by atoms with E-state index in [9.17, 15) is 14.4 Å². The number of halogens is 1. The topological polar surface area (TPSA) is 171 Å². The number of amides is 3. The normalized spacial score (nSPS) is 19.6. The number of nitrogens with two attached hydrogens (primary N) is 2. The molecule has 3 amide bonds. The number of hydrogen-bond acceptors (Lipinski definition) is 8. The largest absolute Gasteiger partial charge is 0.361 e. The Labute approximate surface area is 296 Å². The van der Waals surface area contributed by atoms with E-state index in [1.54, 1.807) is 13.2 Å². The quantitative estimate of drug-likeness (QED) is 0.143. The van der Waals surface area contributed by atoms with Crippen molar-refractivity contribution in [1.82, 2.24) is 30.8 Å². The maximum atomic E-state index is 14.3. The van der Waals surface area contributed by atoms with E-state index in [0.29, 0.717) is 56.8 Å². The summed E-state index contributed by atoms with van der Waals surface area (Å²) in [6.07, 6.45) is 6.68. The number of carbonyl (C=O) groups excluding carboxylic acids is 3. The summed E-state index contributed by atoms with van der Waals surface area (Å²) < 4.78 is 0. The second-order valence-electron chi connectivity index (χ2n) is 12.3. The Morgan fingerprint density at radius 1 is 0.918 bits per heavy atom. The Morgan fingerprint density at radius 3 is 2.53 bits per heavy atom. The molecule has 3 atom stereocenters. The van der Waals surface area contributed by atoms with Gasteiger partial charge in [-0.1, -0.05) is 47.6 Å². The van der Waals surface area contributed by atoms with Crippen molar-refractivity contribution in [3.8, 4) is 0 Å². The lowest BCUT2D eigenvalue weighted by molar-refractivity contribution is -0.142. The lowest BCUT2D eigenvalue weighted by Gasteiger charge is -2.32. The molecule has 8 N–H and O–H groups in total. The lowest BCUT2D eigenvalue weighted by atomic mass is 10.0. The number of carbonyl (C=O) groups is 3. The van der Waals surface area contributed by atoms with Crippen molar-refractivity contribution in [2.75, 3.05) is 20.1 Å². The number of hydrogen-bond donors (Lipinski definition) is 6. The lowest BCUT2D eigenvalue weighted by Crippen LogP contribution is -2.57. The Bertz CT molecular complexity index is 1750. The Hall–Kier alpha value is -3.94. The van der Waals surface area contributed by atoms with Crippen molar-refractivity contribution >= 4 is 52.0 Å². The number of nitrogens with zero attached hydrogens (tertiary/aromatic N) is 2. The van der Waals surface area contributed by atoms with Gasteiger partial charge < -0.3 is 37.3 Å². The Balaban J connectivity index is 1.55. The summed E-state index contributed by atoms with van der Waals surface area (Å²) >= 11 is 7.91. The fourth-order valence-electron chi connectivity index (χ4n) is 6.06. The zero-order valence-corrected chi connectivity index (χ0v) is 29.3. The van der Waals surface area contributed by atoms with E-state index in [1.165, 1.54) is 16.7 Å². The molecule has 260 valence electrons. The number of para-hydroxylation sites is 1. The van der Waals surface area contributed by atoms with E-state index in [-0.39, 0.29) is 30.7 Å². The first kappa shape index (κ1) is 36.3. The van der Waals surface area contributed by atoms with Crippen LogP contribution in [-0.2, 0) is 33.9 Å². The minimum Gasteiger partial charge on any atom is -0.361 e. The van der Waals surface area contributed by atoms with Crippen LogP contribution >= 0.6 is 23.4 Å². The third-order valence-corrected chi connectivity index (χ3v) is 10.3. The molecule has 0 saturated carbocycles. The molecule has 13 heteroatoms. The summed E-state index contributed by atoms with van der Waals surface area (Å²) in [5, 5.41) is 11.8. The second-order valence-corrected chi connectivity index (χ2v) is 13.7. The standard InChI is InChI=1S/C36H45ClN8O3S/c1-45-31(19-24-21-41-28-10-3-2-9-27(24)28)34(47)43-22-25-18-26(37)13-14-32(25)49-35-23(8-7-17-40-35)20-42-29(12-6-16-39)33(46)44-30(36(45)48)11-4-5-15-38/h2-3,7-10,13-14,17-18,21,29-31,41-42H,4-6,11-12,15-16,19-20,22,38-39H2,1H3,(H,43,47)(H,44,46)/t29-,30-,31-/m0/s1. The van der Waals surface area contributed by atoms with Crippen molar-refractivity contribution < 1.29 is 14.4 Å². The second kappa shape index (κ2) is 17.6. The van der Waals surface area contributed by atoms with Gasteiger partial charge in [-0.05, 0) is 92.2 Å². The third-order valence-electron chi connectivity index (χ3n) is 8.85. The van der Waals surface area contributed by atoms with Gasteiger partial charge in [-0.25, -0.2) is 4.98 Å². The van der Waals surface area contributed by atoms with E-state index in [4.69, 9.17) is 23.1 Å². The van der Waals surface area contributed by atoms with Crippen LogP contribution in [0.2, 0.25) is 5.02 Å². The minimum atomic E-state index is -0.875. The summed E-state index contributed by atoms with van der Waals surface area (Å²) in [5.41, 5.74) is 15.2. The number of fused-ring (bicyclic) bond motifs is 3. The fourth-order valence-corrected chi connectivity index (χ4v) is 7.24. The van der Waals surface area contributed by atoms with E-state index in [2.05, 4.69) is 25.9 Å². The highest BCUT2D eigenvalue weighted by Crippen LogP contribution is 2.33. The number of likely N-dealkylation sites (N-methyl/N-ethyl adjacent to an activating group) is 1. The van der Waals surface area contributed by atoms with Crippen molar-refractivity contribution in [3.63, 3.8) is 0 Å². The van der Waals surface area contributed by atoms with Gasteiger partial charge in [0, 0.05) is 59.8 Å². The third kappa shape index (κ3) is 9.40. The van der Waals surface area contributed by atoms with Gasteiger partial charge >= 0.3 is 0 Å². The molecule has 0 unspecified atom stereocenters. The maximum Gasteiger partial charge on any atom is 0.245 e. The van der Waals surface area contributed by atoms with E-state index in [0.717, 1.165) is 37.5 Å². The summed E-state index contributed by atoms with van der Waals surface area (Å²) in [6, 6.07) is 14.9. The first-order valence-electron chi connectivity index (χ1n) is 16.7. The van der Waals surface area contributed by atoms with Gasteiger partial charge in [-0.2, -0.15) is 0 Å². The molecule has 4 aromatic rings. The van der Waals surface area contributed by atoms with Gasteiger partial charge in [0.05, 0.1) is 6.04 Å². The molecular formula is C36H45ClN8O3S. The van der Waals surface area contributed by atoms with Crippen LogP contribution in [0.4, 0.5) is 0 Å². The zero-order valence-electron chi connectivity index (χ0n) is 27.7. The number of pyridine rings is 1. The first-order valence-corrected chi connectivity index (χ1v) is 17.9. The molecule has 0 spiro atoms. The van der Waals surface area contributed by atoms with E-state index in [1.807, 2.05) is 60.8 Å². The van der Waals surface area contributed by atoms with Crippen LogP contribution in [0.3, 0.4) is 0 Å². The first-order chi connectivity index (χ1) is 23.8. The van der Waals surface area contributed by atoms with Gasteiger partial charge in [-0.3, -0.25) is 14.4 Å². The van der Waals surface area contributed by atoms with E-state index < -0.39 is 18.1 Å². The van der Waals surface area contributed by atoms with Crippen LogP contribution < -0.4 is 27.4 Å². The monoisotopic (exact) mass is 704 g/mol. The van der Waals surface area contributed by atoms with Crippen molar-refractivity contribution in [3.05, 3.63) is 88.7 Å². The molecule has 2 aromatic heterocycles. The summed E-state index contributed by atoms with van der Waals surface area (Å²) in [5.74, 6) is -0.969. The molecule has 3 heterocycles. The van der Waals surface area contributed by atoms with Crippen LogP contribution in [-0.4, -0.2) is 70.9 Å². The zero-order chi connectivity index (χ0) is 34.8. The molecule has 1 aliphatic heterocycles. The molecule has 0 radical (unpaired) electrons. The van der Waals surface area contributed by atoms with Gasteiger partial charge in [0.2, 0.25) is 17.7 Å². The number of nitrogens with one attached hydrogen (secondary N) is 4. The summed E-state index contributed by atoms with van der Waals surface area (Å²) in [4.78, 5) is 52.7. The molecule has 5 rings (SSSR count). The summed E-state index contributed by atoms with van der Waals surface area (Å²) in [6.45, 7) is 1.45. The van der Waals surface area contributed by atoms with Crippen LogP contribution in [0.5, 0.6) is 0 Å². The van der Waals surface area contributed by atoms with Gasteiger partial charge in [-0.15, -0.1) is 0 Å². The highest BCUT2D eigenvalue weighted by atomic mass is 35.5. The van der Waals surface area contributed by atoms with Gasteiger partial charge in [0.15, 0.2) is 0 Å². The Morgan fingerprint density at radius 2 is 1.71 bits per heavy atom. The highest BCUT2D eigenvalue weighted by Gasteiger charge is 2.34. The van der Waals surface area contributed by atoms with Crippen LogP contribution in [0.15, 0.2) is 76.9 Å². The average molecular weight is 705 g/mol. The number of benzene rings is 2. The average Bonchev–Trinajstić information content (AvgIpc) is 3.52. The van der Waals surface area contributed by atoms with Crippen molar-refractivity contribution in [2.45, 2.75) is 79.7 Å². The number of H-pyrrole nitrogens is 1. The summed E-state index contributed by atoms with van der Waals surface area (Å²) in [7, 11) is 1.63. The number of rotatable bonds is 9. The number of aromatic nitrogens is 2. The van der Waals surface area contributed by atoms with Crippen molar-refractivity contribution in [1.29, 1.82) is 0 Å². The molecule has 1 aliphatic rings. The minimum absolute atomic E-state index is 0.187. The molecule has 2 aromatic carbocycles. The predicted molar refractivity (Wildman–Crippen MR) is 194 cm³/mol. The molecule has 11 nitrogen and oxygen atoms in total. The van der Waals surface area contributed by atoms with E-state index >= 15 is 0 Å². The number of unbranched alkanes of at least 4 members (excludes halogenated alkanes) is 1. The van der Waals surface area contributed by atoms with Gasteiger partial charge in [0.1, 0.15) is 17.1 Å². The molecule has 0 saturated heterocycles. The van der Waals surface area contributed by atoms with Crippen LogP contribution in [0, 0.1) is 0 Å². The highest BCUT2D eigenvalue weighted by molar-refractivity contribution is 7.99. The molecule has 49 heavy (non-hydrogen) atoms. The molecule has 0 fully saturated rings. The maximum absolute atomic E-state index is 14.3. The predicted octanol–water partition coefficient (Wildman–Crippen LogP) is 3.88. The Kier molecular flexibility index (Phi) is 13.1. The molecule has 0 bridgehead atoms. The molecular weight excluding hydrogens is 660 g/mol. The smallest absolute Gasteiger partial charge is 0.245 e. The van der Waals surface area contributed by atoms with Crippen LogP contribution in [0.25, 0.3) is 10.9 Å². The molecule has 0 aliphatic carbocycles. The van der Waals surface area contributed by atoms with Gasteiger partial charge in [0.25, 0.3) is 0 Å². The van der Waals surface area contributed by atoms with Crippen LogP contribution in [0.1, 0.15) is 48.8 Å². The fraction of sp³-hybridized carbons (Fsp3) is 0.389.